The highest BCUT2D eigenvalue weighted by Crippen LogP contribution is 2.30. The molecular weight excluding hydrogens is 254 g/mol. The lowest BCUT2D eigenvalue weighted by atomic mass is 10.2. The van der Waals surface area contributed by atoms with Gasteiger partial charge in [-0.15, -0.1) is 11.3 Å². The van der Waals surface area contributed by atoms with Crippen molar-refractivity contribution in [3.8, 4) is 0 Å². The molecule has 3 rings (SSSR count). The number of pyridine rings is 1. The Labute approximate surface area is 118 Å². The van der Waals surface area contributed by atoms with Gasteiger partial charge in [-0.25, -0.2) is 0 Å². The summed E-state index contributed by atoms with van der Waals surface area (Å²) in [5.74, 6) is 0. The summed E-state index contributed by atoms with van der Waals surface area (Å²) in [6, 6.07) is 11.2. The fourth-order valence-electron chi connectivity index (χ4n) is 2.30. The lowest BCUT2D eigenvalue weighted by Gasteiger charge is -2.21. The van der Waals surface area contributed by atoms with Crippen molar-refractivity contribution in [1.82, 2.24) is 9.88 Å². The van der Waals surface area contributed by atoms with Crippen molar-refractivity contribution >= 4 is 11.3 Å². The first-order valence-corrected chi connectivity index (χ1v) is 7.64. The van der Waals surface area contributed by atoms with Crippen LogP contribution in [-0.2, 0) is 19.6 Å². The summed E-state index contributed by atoms with van der Waals surface area (Å²) in [6.45, 7) is 2.48. The molecule has 2 heterocycles. The van der Waals surface area contributed by atoms with Crippen LogP contribution in [0.3, 0.4) is 0 Å². The van der Waals surface area contributed by atoms with Crippen molar-refractivity contribution in [3.05, 3.63) is 52.0 Å². The van der Waals surface area contributed by atoms with Crippen LogP contribution in [0.5, 0.6) is 0 Å². The van der Waals surface area contributed by atoms with Crippen molar-refractivity contribution in [2.45, 2.75) is 38.5 Å². The van der Waals surface area contributed by atoms with E-state index in [1.54, 1.807) is 0 Å². The number of nitrogens with two attached hydrogens (primary N) is 1. The Hall–Kier alpha value is -1.23. The molecule has 19 heavy (non-hydrogen) atoms. The molecule has 1 fully saturated rings. The van der Waals surface area contributed by atoms with Crippen LogP contribution in [0.1, 0.15) is 29.1 Å². The van der Waals surface area contributed by atoms with Crippen LogP contribution in [0, 0.1) is 0 Å². The van der Waals surface area contributed by atoms with Gasteiger partial charge in [0.05, 0.1) is 11.4 Å². The van der Waals surface area contributed by atoms with E-state index >= 15 is 0 Å². The monoisotopic (exact) mass is 273 g/mol. The number of rotatable bonds is 6. The summed E-state index contributed by atoms with van der Waals surface area (Å²) >= 11 is 1.83. The average Bonchev–Trinajstić information content (AvgIpc) is 3.17. The number of hydrogen-bond donors (Lipinski definition) is 1. The van der Waals surface area contributed by atoms with E-state index in [2.05, 4.69) is 39.5 Å². The summed E-state index contributed by atoms with van der Waals surface area (Å²) in [6.07, 6.45) is 2.64. The highest BCUT2D eigenvalue weighted by atomic mass is 32.1. The van der Waals surface area contributed by atoms with E-state index < -0.39 is 0 Å². The second-order valence-corrected chi connectivity index (χ2v) is 6.07. The van der Waals surface area contributed by atoms with Gasteiger partial charge < -0.3 is 5.73 Å². The van der Waals surface area contributed by atoms with E-state index in [4.69, 9.17) is 5.73 Å². The maximum Gasteiger partial charge on any atom is 0.0548 e. The van der Waals surface area contributed by atoms with Gasteiger partial charge in [-0.3, -0.25) is 9.88 Å². The second kappa shape index (κ2) is 5.82. The molecule has 1 aliphatic carbocycles. The minimum absolute atomic E-state index is 0.516. The standard InChI is InChI=1S/C15H19N3S/c16-9-12-3-1-4-13(17-12)10-18(14-6-7-14)11-15-5-2-8-19-15/h1-5,8,14H,6-7,9-11,16H2. The largest absolute Gasteiger partial charge is 0.325 e. The molecule has 0 aromatic carbocycles. The fraction of sp³-hybridized carbons (Fsp3) is 0.400. The molecule has 2 aromatic heterocycles. The molecule has 0 spiro atoms. The summed E-state index contributed by atoms with van der Waals surface area (Å²) in [5.41, 5.74) is 7.76. The quantitative estimate of drug-likeness (QED) is 0.880. The zero-order valence-corrected chi connectivity index (χ0v) is 11.8. The third kappa shape index (κ3) is 3.41. The van der Waals surface area contributed by atoms with Crippen LogP contribution < -0.4 is 5.73 Å². The Kier molecular flexibility index (Phi) is 3.92. The molecule has 0 amide bonds. The van der Waals surface area contributed by atoms with Crippen molar-refractivity contribution < 1.29 is 0 Å². The zero-order chi connectivity index (χ0) is 13.1. The topological polar surface area (TPSA) is 42.1 Å². The first kappa shape index (κ1) is 12.8. The first-order chi connectivity index (χ1) is 9.35. The van der Waals surface area contributed by atoms with Gasteiger partial charge >= 0.3 is 0 Å². The Morgan fingerprint density at radius 3 is 2.68 bits per heavy atom. The van der Waals surface area contributed by atoms with Crippen molar-refractivity contribution in [2.75, 3.05) is 0 Å². The number of aromatic nitrogens is 1. The summed E-state index contributed by atoms with van der Waals surface area (Å²) in [7, 11) is 0. The molecule has 0 atom stereocenters. The molecule has 0 saturated heterocycles. The summed E-state index contributed by atoms with van der Waals surface area (Å²) < 4.78 is 0. The van der Waals surface area contributed by atoms with E-state index in [1.807, 2.05) is 17.4 Å². The van der Waals surface area contributed by atoms with Gasteiger partial charge in [0.2, 0.25) is 0 Å². The SMILES string of the molecule is NCc1cccc(CN(Cc2cccs2)C2CC2)n1. The van der Waals surface area contributed by atoms with E-state index in [0.29, 0.717) is 6.54 Å². The van der Waals surface area contributed by atoms with E-state index in [1.165, 1.54) is 17.7 Å². The smallest absolute Gasteiger partial charge is 0.0548 e. The van der Waals surface area contributed by atoms with Gasteiger partial charge in [0, 0.05) is 30.6 Å². The van der Waals surface area contributed by atoms with Gasteiger partial charge in [-0.1, -0.05) is 12.1 Å². The predicted octanol–water partition coefficient (Wildman–Crippen LogP) is 2.77. The Balaban J connectivity index is 1.70. The number of thiophene rings is 1. The van der Waals surface area contributed by atoms with Gasteiger partial charge in [0.15, 0.2) is 0 Å². The van der Waals surface area contributed by atoms with Gasteiger partial charge in [0.25, 0.3) is 0 Å². The first-order valence-electron chi connectivity index (χ1n) is 6.76. The van der Waals surface area contributed by atoms with Crippen LogP contribution in [0.15, 0.2) is 35.7 Å². The van der Waals surface area contributed by atoms with Crippen LogP contribution in [-0.4, -0.2) is 15.9 Å². The molecule has 100 valence electrons. The summed E-state index contributed by atoms with van der Waals surface area (Å²) in [5, 5.41) is 2.15. The van der Waals surface area contributed by atoms with Crippen LogP contribution in [0.25, 0.3) is 0 Å². The molecule has 1 aliphatic rings. The molecule has 0 unspecified atom stereocenters. The van der Waals surface area contributed by atoms with Gasteiger partial charge in [-0.05, 0) is 36.4 Å². The van der Waals surface area contributed by atoms with Gasteiger partial charge in [0.1, 0.15) is 0 Å². The Morgan fingerprint density at radius 2 is 2.00 bits per heavy atom. The molecule has 3 nitrogen and oxygen atoms in total. The Morgan fingerprint density at radius 1 is 1.16 bits per heavy atom. The average molecular weight is 273 g/mol. The normalized spacial score (nSPS) is 15.1. The second-order valence-electron chi connectivity index (χ2n) is 5.04. The third-order valence-corrected chi connectivity index (χ3v) is 4.30. The van der Waals surface area contributed by atoms with E-state index in [0.717, 1.165) is 30.5 Å². The molecule has 0 bridgehead atoms. The maximum absolute atomic E-state index is 5.66. The van der Waals surface area contributed by atoms with Crippen molar-refractivity contribution in [3.63, 3.8) is 0 Å². The molecule has 2 N–H and O–H groups in total. The third-order valence-electron chi connectivity index (χ3n) is 3.44. The molecule has 1 saturated carbocycles. The van der Waals surface area contributed by atoms with Crippen LogP contribution in [0.2, 0.25) is 0 Å². The van der Waals surface area contributed by atoms with E-state index in [-0.39, 0.29) is 0 Å². The number of hydrogen-bond acceptors (Lipinski definition) is 4. The molecule has 2 aromatic rings. The molecular formula is C15H19N3S. The lowest BCUT2D eigenvalue weighted by Crippen LogP contribution is -2.25. The van der Waals surface area contributed by atoms with Crippen LogP contribution >= 0.6 is 11.3 Å². The number of nitrogens with zero attached hydrogens (tertiary/aromatic N) is 2. The summed E-state index contributed by atoms with van der Waals surface area (Å²) in [4.78, 5) is 8.58. The van der Waals surface area contributed by atoms with Crippen molar-refractivity contribution in [2.24, 2.45) is 5.73 Å². The molecule has 0 radical (unpaired) electrons. The molecule has 0 aliphatic heterocycles. The zero-order valence-electron chi connectivity index (χ0n) is 11.0. The van der Waals surface area contributed by atoms with E-state index in [9.17, 15) is 0 Å². The highest BCUT2D eigenvalue weighted by molar-refractivity contribution is 7.09. The Bertz CT molecular complexity index is 520. The van der Waals surface area contributed by atoms with Gasteiger partial charge in [-0.2, -0.15) is 0 Å². The van der Waals surface area contributed by atoms with Crippen molar-refractivity contribution in [1.29, 1.82) is 0 Å². The van der Waals surface area contributed by atoms with Crippen LogP contribution in [0.4, 0.5) is 0 Å². The minimum Gasteiger partial charge on any atom is -0.325 e. The predicted molar refractivity (Wildman–Crippen MR) is 78.7 cm³/mol. The fourth-order valence-corrected chi connectivity index (χ4v) is 3.02. The maximum atomic E-state index is 5.66. The lowest BCUT2D eigenvalue weighted by molar-refractivity contribution is 0.245. The highest BCUT2D eigenvalue weighted by Gasteiger charge is 2.29. The minimum atomic E-state index is 0.516. The molecule has 4 heteroatoms.